The van der Waals surface area contributed by atoms with Crippen molar-refractivity contribution in [1.82, 2.24) is 9.88 Å². The maximum absolute atomic E-state index is 13.1. The van der Waals surface area contributed by atoms with Gasteiger partial charge in [0, 0.05) is 37.6 Å². The quantitative estimate of drug-likeness (QED) is 0.431. The number of methoxy groups -OCH3 is 2. The molecule has 0 saturated carbocycles. The molecule has 2 heterocycles. The summed E-state index contributed by atoms with van der Waals surface area (Å²) in [5, 5.41) is 0.511. The zero-order valence-electron chi connectivity index (χ0n) is 16.1. The summed E-state index contributed by atoms with van der Waals surface area (Å²) in [6.07, 6.45) is 1.76. The minimum atomic E-state index is -1.24. The smallest absolute Gasteiger partial charge is 0.259 e. The van der Waals surface area contributed by atoms with Crippen molar-refractivity contribution in [2.75, 3.05) is 34.4 Å². The van der Waals surface area contributed by atoms with Crippen LogP contribution in [0.15, 0.2) is 42.6 Å². The lowest BCUT2D eigenvalue weighted by atomic mass is 9.78. The van der Waals surface area contributed by atoms with Gasteiger partial charge in [-0.2, -0.15) is 0 Å². The zero-order chi connectivity index (χ0) is 20.9. The molecule has 156 valence electrons. The van der Waals surface area contributed by atoms with Gasteiger partial charge in [-0.05, 0) is 36.4 Å². The molecule has 1 amide bonds. The van der Waals surface area contributed by atoms with Gasteiger partial charge in [-0.1, -0.05) is 11.6 Å². The summed E-state index contributed by atoms with van der Waals surface area (Å²) in [5.41, 5.74) is -0.641. The number of nitrogens with zero attached hydrogens (tertiary/aromatic N) is 2. The van der Waals surface area contributed by atoms with Crippen molar-refractivity contribution in [2.45, 2.75) is 18.1 Å². The van der Waals surface area contributed by atoms with E-state index in [1.165, 1.54) is 43.4 Å². The highest BCUT2D eigenvalue weighted by Gasteiger charge is 2.62. The average molecular weight is 425 g/mol. The molecule has 29 heavy (non-hydrogen) atoms. The number of aromatic nitrogens is 1. The SMILES string of the molecule is COCO[C@@]1(Cc2cc(Cl)ccn2)C(=O)N(COC)[C@H]1COc1ccc(F)cc1. The lowest BCUT2D eigenvalue weighted by Crippen LogP contribution is -2.77. The Balaban J connectivity index is 1.85. The summed E-state index contributed by atoms with van der Waals surface area (Å²) >= 11 is 6.07. The first-order chi connectivity index (χ1) is 14.0. The highest BCUT2D eigenvalue weighted by Crippen LogP contribution is 2.38. The molecule has 2 aromatic rings. The molecule has 2 atom stereocenters. The van der Waals surface area contributed by atoms with Crippen LogP contribution in [0, 0.1) is 5.82 Å². The second-order valence-electron chi connectivity index (χ2n) is 6.56. The monoisotopic (exact) mass is 424 g/mol. The number of rotatable bonds is 10. The van der Waals surface area contributed by atoms with Crippen molar-refractivity contribution in [3.8, 4) is 5.75 Å². The first-order valence-corrected chi connectivity index (χ1v) is 9.29. The maximum Gasteiger partial charge on any atom is 0.259 e. The van der Waals surface area contributed by atoms with E-state index in [0.29, 0.717) is 16.5 Å². The predicted molar refractivity (Wildman–Crippen MR) is 103 cm³/mol. The predicted octanol–water partition coefficient (Wildman–Crippen LogP) is 2.67. The van der Waals surface area contributed by atoms with Crippen LogP contribution in [0.3, 0.4) is 0 Å². The average Bonchev–Trinajstić information content (AvgIpc) is 2.72. The van der Waals surface area contributed by atoms with Gasteiger partial charge in [0.25, 0.3) is 5.91 Å². The highest BCUT2D eigenvalue weighted by atomic mass is 35.5. The largest absolute Gasteiger partial charge is 0.491 e. The van der Waals surface area contributed by atoms with Crippen LogP contribution in [0.25, 0.3) is 0 Å². The van der Waals surface area contributed by atoms with Gasteiger partial charge in [-0.25, -0.2) is 4.39 Å². The Kier molecular flexibility index (Phi) is 7.02. The molecule has 0 unspecified atom stereocenters. The van der Waals surface area contributed by atoms with Gasteiger partial charge in [-0.3, -0.25) is 9.78 Å². The van der Waals surface area contributed by atoms with Gasteiger partial charge >= 0.3 is 0 Å². The number of halogens is 2. The van der Waals surface area contributed by atoms with E-state index in [1.54, 1.807) is 18.3 Å². The molecule has 1 saturated heterocycles. The van der Waals surface area contributed by atoms with E-state index in [9.17, 15) is 9.18 Å². The number of pyridine rings is 1. The number of carbonyl (C=O) groups excluding carboxylic acids is 1. The summed E-state index contributed by atoms with van der Waals surface area (Å²) in [6.45, 7) is 0.114. The second-order valence-corrected chi connectivity index (χ2v) is 6.99. The standard InChI is InChI=1S/C20H22ClFN2O5/c1-26-12-24-18(11-28-17-5-3-15(22)4-6-17)20(19(24)25,29-13-27-2)10-16-9-14(21)7-8-23-16/h3-9,18H,10-13H2,1-2H3/t18-,20+/m0/s1. The van der Waals surface area contributed by atoms with E-state index in [2.05, 4.69) is 4.98 Å². The fraction of sp³-hybridized carbons (Fsp3) is 0.400. The van der Waals surface area contributed by atoms with E-state index >= 15 is 0 Å². The summed E-state index contributed by atoms with van der Waals surface area (Å²) in [7, 11) is 2.98. The van der Waals surface area contributed by atoms with E-state index in [0.717, 1.165) is 0 Å². The van der Waals surface area contributed by atoms with E-state index in [-0.39, 0.29) is 38.3 Å². The molecule has 1 aliphatic rings. The number of benzene rings is 1. The van der Waals surface area contributed by atoms with Crippen molar-refractivity contribution in [3.63, 3.8) is 0 Å². The molecule has 0 N–H and O–H groups in total. The molecule has 1 aliphatic heterocycles. The summed E-state index contributed by atoms with van der Waals surface area (Å²) in [6, 6.07) is 8.51. The topological polar surface area (TPSA) is 70.1 Å². The Labute approximate surface area is 173 Å². The molecule has 0 spiro atoms. The van der Waals surface area contributed by atoms with Crippen LogP contribution in [-0.2, 0) is 25.4 Å². The van der Waals surface area contributed by atoms with Crippen molar-refractivity contribution < 1.29 is 28.1 Å². The van der Waals surface area contributed by atoms with Crippen LogP contribution < -0.4 is 4.74 Å². The lowest BCUT2D eigenvalue weighted by molar-refractivity contribution is -0.236. The number of β-lactam (4-membered cyclic amide) rings is 1. The molecule has 3 rings (SSSR count). The Morgan fingerprint density at radius 1 is 1.21 bits per heavy atom. The summed E-state index contributed by atoms with van der Waals surface area (Å²) in [5.74, 6) is -0.141. The highest BCUT2D eigenvalue weighted by molar-refractivity contribution is 6.30. The van der Waals surface area contributed by atoms with E-state index < -0.39 is 11.6 Å². The Morgan fingerprint density at radius 2 is 1.97 bits per heavy atom. The first-order valence-electron chi connectivity index (χ1n) is 8.92. The number of likely N-dealkylation sites (tertiary alicyclic amines) is 1. The first kappa shape index (κ1) is 21.4. The van der Waals surface area contributed by atoms with E-state index in [4.69, 9.17) is 30.5 Å². The number of amides is 1. The van der Waals surface area contributed by atoms with Gasteiger partial charge in [0.05, 0.1) is 0 Å². The zero-order valence-corrected chi connectivity index (χ0v) is 16.9. The van der Waals surface area contributed by atoms with Gasteiger partial charge in [-0.15, -0.1) is 0 Å². The van der Waals surface area contributed by atoms with Crippen LogP contribution in [0.4, 0.5) is 4.39 Å². The number of hydrogen-bond acceptors (Lipinski definition) is 6. The second kappa shape index (κ2) is 9.49. The molecule has 7 nitrogen and oxygen atoms in total. The summed E-state index contributed by atoms with van der Waals surface area (Å²) < 4.78 is 35.0. The number of carbonyl (C=O) groups is 1. The Hall–Kier alpha value is -2.26. The fourth-order valence-corrected chi connectivity index (χ4v) is 3.49. The number of hydrogen-bond donors (Lipinski definition) is 0. The third kappa shape index (κ3) is 4.67. The van der Waals surface area contributed by atoms with Crippen molar-refractivity contribution in [3.05, 3.63) is 59.1 Å². The van der Waals surface area contributed by atoms with Crippen LogP contribution in [0.2, 0.25) is 5.02 Å². The minimum Gasteiger partial charge on any atom is -0.491 e. The van der Waals surface area contributed by atoms with Gasteiger partial charge < -0.3 is 23.8 Å². The minimum absolute atomic E-state index is 0.0807. The van der Waals surface area contributed by atoms with Gasteiger partial charge in [0.2, 0.25) is 0 Å². The molecule has 1 aromatic heterocycles. The van der Waals surface area contributed by atoms with Gasteiger partial charge in [0.15, 0.2) is 5.60 Å². The van der Waals surface area contributed by atoms with Gasteiger partial charge in [0.1, 0.15) is 37.7 Å². The molecular formula is C20H22ClFN2O5. The molecule has 0 aliphatic carbocycles. The van der Waals surface area contributed by atoms with Crippen LogP contribution in [-0.4, -0.2) is 61.8 Å². The van der Waals surface area contributed by atoms with Crippen LogP contribution in [0.1, 0.15) is 5.69 Å². The van der Waals surface area contributed by atoms with Crippen molar-refractivity contribution in [2.24, 2.45) is 0 Å². The normalized spacial score (nSPS) is 21.2. The molecule has 9 heteroatoms. The lowest BCUT2D eigenvalue weighted by Gasteiger charge is -2.54. The fourth-order valence-electron chi connectivity index (χ4n) is 3.31. The van der Waals surface area contributed by atoms with Crippen molar-refractivity contribution in [1.29, 1.82) is 0 Å². The third-order valence-electron chi connectivity index (χ3n) is 4.68. The third-order valence-corrected chi connectivity index (χ3v) is 4.92. The van der Waals surface area contributed by atoms with E-state index in [1.807, 2.05) is 0 Å². The Bertz CT molecular complexity index is 838. The van der Waals surface area contributed by atoms with Crippen LogP contribution in [0.5, 0.6) is 5.75 Å². The number of ether oxygens (including phenoxy) is 4. The molecular weight excluding hydrogens is 403 g/mol. The summed E-state index contributed by atoms with van der Waals surface area (Å²) in [4.78, 5) is 18.8. The molecule has 0 bridgehead atoms. The Morgan fingerprint density at radius 3 is 2.62 bits per heavy atom. The van der Waals surface area contributed by atoms with Crippen molar-refractivity contribution >= 4 is 17.5 Å². The maximum atomic E-state index is 13.1. The molecule has 1 fully saturated rings. The molecule has 0 radical (unpaired) electrons. The molecule has 1 aromatic carbocycles. The van der Waals surface area contributed by atoms with Crippen LogP contribution >= 0.6 is 11.6 Å².